The molecule has 1 aromatic heterocycles. The van der Waals surface area contributed by atoms with Gasteiger partial charge < -0.3 is 9.73 Å². The predicted octanol–water partition coefficient (Wildman–Crippen LogP) is 4.42. The highest BCUT2D eigenvalue weighted by Crippen LogP contribution is 2.22. The summed E-state index contributed by atoms with van der Waals surface area (Å²) in [6, 6.07) is 13.6. The van der Waals surface area contributed by atoms with Crippen molar-refractivity contribution in [2.24, 2.45) is 0 Å². The summed E-state index contributed by atoms with van der Waals surface area (Å²) in [6.45, 7) is 3.64. The van der Waals surface area contributed by atoms with Gasteiger partial charge in [-0.25, -0.2) is 12.8 Å². The highest BCUT2D eigenvalue weighted by molar-refractivity contribution is 7.98. The molecular formula is C24H27FN2O4S2. The van der Waals surface area contributed by atoms with Crippen LogP contribution in [0.1, 0.15) is 23.3 Å². The largest absolute Gasteiger partial charge is 0.459 e. The van der Waals surface area contributed by atoms with E-state index in [1.54, 1.807) is 43.3 Å². The Balaban J connectivity index is 1.69. The van der Waals surface area contributed by atoms with E-state index in [0.717, 1.165) is 5.56 Å². The highest BCUT2D eigenvalue weighted by Gasteiger charge is 2.26. The van der Waals surface area contributed by atoms with Gasteiger partial charge in [0, 0.05) is 5.56 Å². The lowest BCUT2D eigenvalue weighted by Gasteiger charge is -2.19. The van der Waals surface area contributed by atoms with E-state index in [1.807, 2.05) is 19.2 Å². The maximum atomic E-state index is 13.1. The number of nitrogens with one attached hydrogen (secondary N) is 2. The van der Waals surface area contributed by atoms with E-state index in [1.165, 1.54) is 23.9 Å². The van der Waals surface area contributed by atoms with Crippen LogP contribution in [0, 0.1) is 19.7 Å². The van der Waals surface area contributed by atoms with Gasteiger partial charge in [-0.2, -0.15) is 16.5 Å². The number of benzene rings is 2. The zero-order valence-electron chi connectivity index (χ0n) is 18.7. The summed E-state index contributed by atoms with van der Waals surface area (Å²) in [7, 11) is -3.88. The van der Waals surface area contributed by atoms with Gasteiger partial charge in [0.2, 0.25) is 15.9 Å². The fourth-order valence-corrected chi connectivity index (χ4v) is 5.30. The molecule has 3 aromatic rings. The van der Waals surface area contributed by atoms with Crippen LogP contribution in [-0.2, 0) is 21.4 Å². The van der Waals surface area contributed by atoms with Crippen LogP contribution in [0.3, 0.4) is 0 Å². The maximum absolute atomic E-state index is 13.1. The smallest absolute Gasteiger partial charge is 0.241 e. The van der Waals surface area contributed by atoms with E-state index in [9.17, 15) is 17.6 Å². The summed E-state index contributed by atoms with van der Waals surface area (Å²) in [4.78, 5) is 13.0. The number of furan rings is 1. The first-order valence-electron chi connectivity index (χ1n) is 10.4. The number of rotatable bonds is 10. The normalized spacial score (nSPS) is 12.5. The highest BCUT2D eigenvalue weighted by atomic mass is 32.2. The minimum Gasteiger partial charge on any atom is -0.459 e. The molecule has 176 valence electrons. The van der Waals surface area contributed by atoms with E-state index in [4.69, 9.17) is 4.42 Å². The lowest BCUT2D eigenvalue weighted by Crippen LogP contribution is -2.46. The second-order valence-corrected chi connectivity index (χ2v) is 10.4. The van der Waals surface area contributed by atoms with Crippen LogP contribution in [-0.4, -0.2) is 32.4 Å². The molecule has 0 aliphatic heterocycles. The van der Waals surface area contributed by atoms with Gasteiger partial charge >= 0.3 is 0 Å². The van der Waals surface area contributed by atoms with E-state index in [2.05, 4.69) is 10.0 Å². The van der Waals surface area contributed by atoms with Gasteiger partial charge in [-0.1, -0.05) is 12.1 Å². The molecule has 2 N–H and O–H groups in total. The minimum absolute atomic E-state index is 0.0982. The molecule has 6 nitrogen and oxygen atoms in total. The topological polar surface area (TPSA) is 88.4 Å². The first-order chi connectivity index (χ1) is 15.7. The Labute approximate surface area is 198 Å². The van der Waals surface area contributed by atoms with E-state index in [0.29, 0.717) is 34.8 Å². The van der Waals surface area contributed by atoms with Crippen molar-refractivity contribution in [3.8, 4) is 11.3 Å². The fourth-order valence-electron chi connectivity index (χ4n) is 3.27. The predicted molar refractivity (Wildman–Crippen MR) is 129 cm³/mol. The van der Waals surface area contributed by atoms with Crippen LogP contribution >= 0.6 is 11.8 Å². The summed E-state index contributed by atoms with van der Waals surface area (Å²) in [6.07, 6.45) is 2.24. The van der Waals surface area contributed by atoms with Crippen LogP contribution in [0.2, 0.25) is 0 Å². The molecule has 1 amide bonds. The molecule has 0 saturated carbocycles. The lowest BCUT2D eigenvalue weighted by molar-refractivity contribution is -0.123. The molecule has 2 aromatic carbocycles. The number of sulfonamides is 1. The van der Waals surface area contributed by atoms with Crippen molar-refractivity contribution in [1.29, 1.82) is 0 Å². The summed E-state index contributed by atoms with van der Waals surface area (Å²) >= 11 is 1.53. The number of carbonyl (C=O) groups is 1. The molecule has 0 fully saturated rings. The summed E-state index contributed by atoms with van der Waals surface area (Å²) in [5, 5.41) is 2.75. The first-order valence-corrected chi connectivity index (χ1v) is 13.3. The Morgan fingerprint density at radius 2 is 1.82 bits per heavy atom. The van der Waals surface area contributed by atoms with Crippen LogP contribution in [0.5, 0.6) is 0 Å². The molecule has 0 aliphatic carbocycles. The zero-order chi connectivity index (χ0) is 24.0. The Morgan fingerprint density at radius 3 is 2.52 bits per heavy atom. The van der Waals surface area contributed by atoms with Gasteiger partial charge in [0.25, 0.3) is 0 Å². The average Bonchev–Trinajstić information content (AvgIpc) is 3.26. The van der Waals surface area contributed by atoms with E-state index >= 15 is 0 Å². The van der Waals surface area contributed by atoms with Crippen molar-refractivity contribution >= 4 is 27.7 Å². The third-order valence-electron chi connectivity index (χ3n) is 5.08. The van der Waals surface area contributed by atoms with E-state index < -0.39 is 22.0 Å². The Hall–Kier alpha value is -2.62. The Morgan fingerprint density at radius 1 is 1.09 bits per heavy atom. The van der Waals surface area contributed by atoms with Crippen LogP contribution in [0.4, 0.5) is 4.39 Å². The number of thioether (sulfide) groups is 1. The fraction of sp³-hybridized carbons (Fsp3) is 0.292. The van der Waals surface area contributed by atoms with Gasteiger partial charge in [0.1, 0.15) is 23.4 Å². The number of carbonyl (C=O) groups excluding carboxylic acids is 1. The van der Waals surface area contributed by atoms with Gasteiger partial charge in [0.15, 0.2) is 0 Å². The zero-order valence-corrected chi connectivity index (χ0v) is 20.4. The molecule has 1 heterocycles. The van der Waals surface area contributed by atoms with Crippen molar-refractivity contribution in [3.05, 3.63) is 77.3 Å². The third kappa shape index (κ3) is 6.69. The molecule has 0 radical (unpaired) electrons. The van der Waals surface area contributed by atoms with Crippen LogP contribution < -0.4 is 10.0 Å². The maximum Gasteiger partial charge on any atom is 0.241 e. The van der Waals surface area contributed by atoms with Gasteiger partial charge in [-0.3, -0.25) is 4.79 Å². The molecule has 1 atom stereocenters. The molecule has 0 spiro atoms. The molecular weight excluding hydrogens is 463 g/mol. The summed E-state index contributed by atoms with van der Waals surface area (Å²) in [5.74, 6) is 0.899. The second kappa shape index (κ2) is 11.0. The van der Waals surface area contributed by atoms with Crippen molar-refractivity contribution in [1.82, 2.24) is 10.0 Å². The van der Waals surface area contributed by atoms with Crippen molar-refractivity contribution in [3.63, 3.8) is 0 Å². The van der Waals surface area contributed by atoms with Gasteiger partial charge in [-0.15, -0.1) is 0 Å². The Bertz CT molecular complexity index is 1210. The quantitative estimate of drug-likeness (QED) is 0.439. The second-order valence-electron chi connectivity index (χ2n) is 7.71. The number of hydrogen-bond donors (Lipinski definition) is 2. The number of aryl methyl sites for hydroxylation is 2. The summed E-state index contributed by atoms with van der Waals surface area (Å²) in [5.41, 5.74) is 2.15. The molecule has 0 saturated heterocycles. The average molecular weight is 491 g/mol. The molecule has 1 unspecified atom stereocenters. The summed E-state index contributed by atoms with van der Waals surface area (Å²) < 4.78 is 47.4. The standard InChI is InChI=1S/C24H27FN2O4S2/c1-16-4-5-17(2)23(14-16)33(29,30)27-21(12-13-32-3)24(28)26-15-20-10-11-22(31-20)18-6-8-19(25)9-7-18/h4-11,14,21,27H,12-13,15H2,1-3H3,(H,26,28). The van der Waals surface area contributed by atoms with Gasteiger partial charge in [-0.05, 0) is 85.9 Å². The van der Waals surface area contributed by atoms with Crippen molar-refractivity contribution < 1.29 is 22.0 Å². The van der Waals surface area contributed by atoms with Crippen LogP contribution in [0.25, 0.3) is 11.3 Å². The monoisotopic (exact) mass is 490 g/mol. The van der Waals surface area contributed by atoms with Gasteiger partial charge in [0.05, 0.1) is 11.4 Å². The minimum atomic E-state index is -3.88. The SMILES string of the molecule is CSCCC(NS(=O)(=O)c1cc(C)ccc1C)C(=O)NCc1ccc(-c2ccc(F)cc2)o1. The molecule has 3 rings (SSSR count). The van der Waals surface area contributed by atoms with E-state index in [-0.39, 0.29) is 17.3 Å². The molecule has 9 heteroatoms. The third-order valence-corrected chi connectivity index (χ3v) is 7.34. The molecule has 0 bridgehead atoms. The first kappa shape index (κ1) is 25.0. The molecule has 0 aliphatic rings. The number of hydrogen-bond acceptors (Lipinski definition) is 5. The Kier molecular flexibility index (Phi) is 8.34. The molecule has 33 heavy (non-hydrogen) atoms. The van der Waals surface area contributed by atoms with Crippen LogP contribution in [0.15, 0.2) is 63.9 Å². The number of amides is 1. The lowest BCUT2D eigenvalue weighted by atomic mass is 10.2. The van der Waals surface area contributed by atoms with Crippen molar-refractivity contribution in [2.45, 2.75) is 37.8 Å². The van der Waals surface area contributed by atoms with Crippen molar-refractivity contribution in [2.75, 3.05) is 12.0 Å². The number of halogens is 1.